The Bertz CT molecular complexity index is 788. The lowest BCUT2D eigenvalue weighted by molar-refractivity contribution is -0.138. The molecule has 5 nitrogen and oxygen atoms in total. The number of hydrogen-bond acceptors (Lipinski definition) is 4. The molecule has 0 bridgehead atoms. The van der Waals surface area contributed by atoms with Gasteiger partial charge in [0.25, 0.3) is 0 Å². The van der Waals surface area contributed by atoms with E-state index in [1.165, 1.54) is 0 Å². The average molecular weight is 367 g/mol. The lowest BCUT2D eigenvalue weighted by Gasteiger charge is -2.32. The number of benzene rings is 2. The molecular weight excluding hydrogens is 342 g/mol. The van der Waals surface area contributed by atoms with Crippen LogP contribution in [0.5, 0.6) is 11.5 Å². The lowest BCUT2D eigenvalue weighted by Crippen LogP contribution is -2.46. The van der Waals surface area contributed by atoms with Gasteiger partial charge in [0.1, 0.15) is 11.5 Å². The van der Waals surface area contributed by atoms with Crippen molar-refractivity contribution in [3.05, 3.63) is 60.2 Å². The summed E-state index contributed by atoms with van der Waals surface area (Å²) in [5.74, 6) is 1.89. The first-order valence-corrected chi connectivity index (χ1v) is 9.44. The van der Waals surface area contributed by atoms with Crippen molar-refractivity contribution in [3.8, 4) is 11.5 Å². The molecule has 1 saturated heterocycles. The van der Waals surface area contributed by atoms with Crippen molar-refractivity contribution < 1.29 is 19.0 Å². The van der Waals surface area contributed by atoms with Crippen molar-refractivity contribution in [3.63, 3.8) is 0 Å². The van der Waals surface area contributed by atoms with E-state index < -0.39 is 5.41 Å². The first-order chi connectivity index (χ1) is 13.3. The molecule has 5 heteroatoms. The van der Waals surface area contributed by atoms with Crippen molar-refractivity contribution in [1.29, 1.82) is 0 Å². The molecule has 2 aromatic carbocycles. The molecule has 2 aliphatic rings. The summed E-state index contributed by atoms with van der Waals surface area (Å²) in [7, 11) is 1.66. The normalized spacial score (nSPS) is 24.3. The molecule has 1 heterocycles. The quantitative estimate of drug-likeness (QED) is 0.788. The van der Waals surface area contributed by atoms with Crippen LogP contribution in [0.4, 0.5) is 0 Å². The zero-order valence-corrected chi connectivity index (χ0v) is 15.6. The summed E-state index contributed by atoms with van der Waals surface area (Å²) >= 11 is 0. The van der Waals surface area contributed by atoms with Crippen LogP contribution in [0.3, 0.4) is 0 Å². The van der Waals surface area contributed by atoms with E-state index in [0.717, 1.165) is 23.5 Å². The van der Waals surface area contributed by atoms with Crippen LogP contribution in [0.25, 0.3) is 0 Å². The van der Waals surface area contributed by atoms with Gasteiger partial charge in [0.05, 0.1) is 32.3 Å². The fourth-order valence-electron chi connectivity index (χ4n) is 4.01. The van der Waals surface area contributed by atoms with Gasteiger partial charge in [-0.3, -0.25) is 4.79 Å². The Morgan fingerprint density at radius 3 is 2.56 bits per heavy atom. The molecule has 1 aliphatic heterocycles. The topological polar surface area (TPSA) is 48.0 Å². The largest absolute Gasteiger partial charge is 0.496 e. The molecule has 0 N–H and O–H groups in total. The highest BCUT2D eigenvalue weighted by atomic mass is 16.5. The van der Waals surface area contributed by atoms with Crippen LogP contribution in [-0.2, 0) is 14.9 Å². The van der Waals surface area contributed by atoms with E-state index in [-0.39, 0.29) is 11.8 Å². The molecule has 0 unspecified atom stereocenters. The minimum absolute atomic E-state index is 0.129. The highest BCUT2D eigenvalue weighted by molar-refractivity contribution is 5.93. The van der Waals surface area contributed by atoms with E-state index in [4.69, 9.17) is 14.2 Å². The van der Waals surface area contributed by atoms with Gasteiger partial charge in [-0.05, 0) is 24.6 Å². The Labute approximate surface area is 159 Å². The maximum Gasteiger partial charge on any atom is 0.233 e. The number of ether oxygens (including phenoxy) is 3. The fraction of sp³-hybridized carbons (Fsp3) is 0.409. The SMILES string of the molecule is COc1ccccc1[C@]1(C(=O)N2CCOCC2)C[C@H]1COc1ccccc1. The Hall–Kier alpha value is -2.53. The number of methoxy groups -OCH3 is 1. The number of rotatable bonds is 6. The monoisotopic (exact) mass is 367 g/mol. The molecule has 2 fully saturated rings. The third kappa shape index (κ3) is 3.39. The standard InChI is InChI=1S/C22H25NO4/c1-25-20-10-6-5-9-19(20)22(21(24)23-11-13-26-14-12-23)15-17(22)16-27-18-7-3-2-4-8-18/h2-10,17H,11-16H2,1H3/t17-,22-/m0/s1. The Balaban J connectivity index is 1.60. The zero-order valence-electron chi connectivity index (χ0n) is 15.6. The maximum absolute atomic E-state index is 13.5. The van der Waals surface area contributed by atoms with E-state index >= 15 is 0 Å². The highest BCUT2D eigenvalue weighted by Gasteiger charge is 2.63. The van der Waals surface area contributed by atoms with Crippen LogP contribution >= 0.6 is 0 Å². The van der Waals surface area contributed by atoms with Crippen molar-refractivity contribution in [2.45, 2.75) is 11.8 Å². The van der Waals surface area contributed by atoms with Gasteiger partial charge in [-0.1, -0.05) is 36.4 Å². The molecular formula is C22H25NO4. The molecule has 0 radical (unpaired) electrons. The Morgan fingerprint density at radius 2 is 1.81 bits per heavy atom. The Kier molecular flexibility index (Phi) is 5.03. The number of amides is 1. The first kappa shape index (κ1) is 17.9. The van der Waals surface area contributed by atoms with Crippen LogP contribution in [-0.4, -0.2) is 50.8 Å². The molecule has 2 aromatic rings. The number of morpholine rings is 1. The smallest absolute Gasteiger partial charge is 0.233 e. The summed E-state index contributed by atoms with van der Waals surface area (Å²) in [6.07, 6.45) is 0.774. The fourth-order valence-corrected chi connectivity index (χ4v) is 4.01. The molecule has 0 aromatic heterocycles. The predicted molar refractivity (Wildman–Crippen MR) is 102 cm³/mol. The van der Waals surface area contributed by atoms with Gasteiger partial charge in [0, 0.05) is 24.6 Å². The number of carbonyl (C=O) groups is 1. The lowest BCUT2D eigenvalue weighted by atomic mass is 9.90. The zero-order chi connectivity index (χ0) is 18.7. The highest BCUT2D eigenvalue weighted by Crippen LogP contribution is 2.57. The second-order valence-electron chi connectivity index (χ2n) is 7.10. The van der Waals surface area contributed by atoms with Crippen LogP contribution in [0, 0.1) is 5.92 Å². The molecule has 1 amide bonds. The van der Waals surface area contributed by atoms with Gasteiger partial charge < -0.3 is 19.1 Å². The molecule has 1 saturated carbocycles. The number of hydrogen-bond donors (Lipinski definition) is 0. The molecule has 27 heavy (non-hydrogen) atoms. The van der Waals surface area contributed by atoms with E-state index in [9.17, 15) is 4.79 Å². The second-order valence-corrected chi connectivity index (χ2v) is 7.10. The van der Waals surface area contributed by atoms with E-state index in [2.05, 4.69) is 0 Å². The van der Waals surface area contributed by atoms with Crippen molar-refractivity contribution >= 4 is 5.91 Å². The van der Waals surface area contributed by atoms with Crippen LogP contribution in [0.1, 0.15) is 12.0 Å². The van der Waals surface area contributed by atoms with E-state index in [0.29, 0.717) is 32.9 Å². The van der Waals surface area contributed by atoms with Gasteiger partial charge in [-0.15, -0.1) is 0 Å². The third-order valence-corrected chi connectivity index (χ3v) is 5.57. The molecule has 4 rings (SSSR count). The van der Waals surface area contributed by atoms with Crippen LogP contribution in [0.2, 0.25) is 0 Å². The van der Waals surface area contributed by atoms with Crippen LogP contribution in [0.15, 0.2) is 54.6 Å². The molecule has 0 spiro atoms. The molecule has 1 aliphatic carbocycles. The maximum atomic E-state index is 13.5. The van der Waals surface area contributed by atoms with Gasteiger partial charge in [-0.2, -0.15) is 0 Å². The van der Waals surface area contributed by atoms with Crippen molar-refractivity contribution in [2.75, 3.05) is 40.0 Å². The van der Waals surface area contributed by atoms with Gasteiger partial charge >= 0.3 is 0 Å². The number of para-hydroxylation sites is 2. The Morgan fingerprint density at radius 1 is 1.11 bits per heavy atom. The average Bonchev–Trinajstić information content (AvgIpc) is 3.48. The summed E-state index contributed by atoms with van der Waals surface area (Å²) in [5, 5.41) is 0. The predicted octanol–water partition coefficient (Wildman–Crippen LogP) is 2.89. The summed E-state index contributed by atoms with van der Waals surface area (Å²) < 4.78 is 17.0. The summed E-state index contributed by atoms with van der Waals surface area (Å²) in [6, 6.07) is 17.6. The second kappa shape index (κ2) is 7.61. The first-order valence-electron chi connectivity index (χ1n) is 9.44. The van der Waals surface area contributed by atoms with Crippen molar-refractivity contribution in [1.82, 2.24) is 4.90 Å². The van der Waals surface area contributed by atoms with Crippen LogP contribution < -0.4 is 9.47 Å². The molecule has 2 atom stereocenters. The number of nitrogens with zero attached hydrogens (tertiary/aromatic N) is 1. The summed E-state index contributed by atoms with van der Waals surface area (Å²) in [4.78, 5) is 15.5. The molecule has 142 valence electrons. The van der Waals surface area contributed by atoms with E-state index in [1.54, 1.807) is 7.11 Å². The summed E-state index contributed by atoms with van der Waals surface area (Å²) in [5.41, 5.74) is 0.393. The minimum Gasteiger partial charge on any atom is -0.496 e. The van der Waals surface area contributed by atoms with Gasteiger partial charge in [0.15, 0.2) is 0 Å². The van der Waals surface area contributed by atoms with Gasteiger partial charge in [0.2, 0.25) is 5.91 Å². The number of carbonyl (C=O) groups excluding carboxylic acids is 1. The van der Waals surface area contributed by atoms with E-state index in [1.807, 2.05) is 59.5 Å². The van der Waals surface area contributed by atoms with Crippen molar-refractivity contribution in [2.24, 2.45) is 5.92 Å². The third-order valence-electron chi connectivity index (χ3n) is 5.57. The minimum atomic E-state index is -0.571. The summed E-state index contributed by atoms with van der Waals surface area (Å²) in [6.45, 7) is 2.99. The van der Waals surface area contributed by atoms with Gasteiger partial charge in [-0.25, -0.2) is 0 Å².